The number of aromatic nitrogens is 1. The molecule has 9 aromatic rings. The van der Waals surface area contributed by atoms with E-state index in [1.54, 1.807) is 0 Å². The Bertz CT molecular complexity index is 2310. The Kier molecular flexibility index (Phi) is 9.10. The lowest BCUT2D eigenvalue weighted by atomic mass is 10.1. The number of hydrogen-bond donors (Lipinski definition) is 0. The highest BCUT2D eigenvalue weighted by molar-refractivity contribution is 7.30. The third-order valence-electron chi connectivity index (χ3n) is 9.83. The van der Waals surface area contributed by atoms with E-state index in [2.05, 4.69) is 203 Å². The van der Waals surface area contributed by atoms with E-state index in [4.69, 9.17) is 0 Å². The molecule has 0 aliphatic rings. The minimum absolute atomic E-state index is 1.02. The number of benzene rings is 6. The molecule has 0 aliphatic carbocycles. The highest BCUT2D eigenvalue weighted by Gasteiger charge is 2.20. The summed E-state index contributed by atoms with van der Waals surface area (Å²) in [4.78, 5) is 7.25. The maximum atomic E-state index is 2.57. The second-order valence-electron chi connectivity index (χ2n) is 13.3. The highest BCUT2D eigenvalue weighted by Crippen LogP contribution is 2.46. The van der Waals surface area contributed by atoms with Crippen molar-refractivity contribution >= 4 is 77.2 Å². The first kappa shape index (κ1) is 33.0. The van der Waals surface area contributed by atoms with Crippen LogP contribution in [0.25, 0.3) is 41.3 Å². The molecule has 258 valence electrons. The van der Waals surface area contributed by atoms with E-state index in [0.29, 0.717) is 0 Å². The number of fused-ring (bicyclic) bond motifs is 3. The number of aryl methyl sites for hydroxylation is 1. The SMILES string of the molecule is CCCCn1c2cc(-c3ccc(N(c4ccccc4)c4ccccc4)cc3)sc2c2sc(-c3ccc(N(c4ccccc4)c4ccccc4)cc3)cc21. The van der Waals surface area contributed by atoms with Crippen molar-refractivity contribution in [2.24, 2.45) is 0 Å². The van der Waals surface area contributed by atoms with E-state index in [1.807, 2.05) is 22.7 Å². The average molecular weight is 722 g/mol. The second kappa shape index (κ2) is 14.6. The van der Waals surface area contributed by atoms with Crippen molar-refractivity contribution in [2.75, 3.05) is 9.80 Å². The first-order valence-corrected chi connectivity index (χ1v) is 20.0. The van der Waals surface area contributed by atoms with Gasteiger partial charge in [0.1, 0.15) is 0 Å². The molecule has 3 nitrogen and oxygen atoms in total. The van der Waals surface area contributed by atoms with E-state index >= 15 is 0 Å². The van der Waals surface area contributed by atoms with Gasteiger partial charge in [-0.2, -0.15) is 0 Å². The third kappa shape index (κ3) is 6.43. The van der Waals surface area contributed by atoms with Gasteiger partial charge in [-0.25, -0.2) is 0 Å². The Morgan fingerprint density at radius 3 is 1.06 bits per heavy atom. The van der Waals surface area contributed by atoms with Crippen LogP contribution in [-0.2, 0) is 6.54 Å². The Morgan fingerprint density at radius 2 is 0.736 bits per heavy atom. The van der Waals surface area contributed by atoms with Gasteiger partial charge >= 0.3 is 0 Å². The molecule has 53 heavy (non-hydrogen) atoms. The molecule has 3 aromatic heterocycles. The lowest BCUT2D eigenvalue weighted by molar-refractivity contribution is 0.665. The lowest BCUT2D eigenvalue weighted by Crippen LogP contribution is -2.09. The van der Waals surface area contributed by atoms with E-state index in [-0.39, 0.29) is 0 Å². The zero-order valence-corrected chi connectivity index (χ0v) is 31.2. The van der Waals surface area contributed by atoms with Crippen molar-refractivity contribution in [1.82, 2.24) is 4.57 Å². The van der Waals surface area contributed by atoms with E-state index < -0.39 is 0 Å². The molecule has 0 aliphatic heterocycles. The van der Waals surface area contributed by atoms with E-state index in [9.17, 15) is 0 Å². The van der Waals surface area contributed by atoms with Gasteiger partial charge in [0, 0.05) is 50.4 Å². The molecule has 0 spiro atoms. The summed E-state index contributed by atoms with van der Waals surface area (Å²) in [6.45, 7) is 3.30. The average Bonchev–Trinajstić information content (AvgIpc) is 3.92. The third-order valence-corrected chi connectivity index (χ3v) is 12.3. The summed E-state index contributed by atoms with van der Waals surface area (Å²) < 4.78 is 5.34. The van der Waals surface area contributed by atoms with Crippen molar-refractivity contribution in [3.05, 3.63) is 182 Å². The van der Waals surface area contributed by atoms with Crippen LogP contribution in [0.15, 0.2) is 182 Å². The molecule has 3 heterocycles. The Balaban J connectivity index is 1.06. The monoisotopic (exact) mass is 721 g/mol. The van der Waals surface area contributed by atoms with Gasteiger partial charge in [0.15, 0.2) is 0 Å². The van der Waals surface area contributed by atoms with Crippen LogP contribution >= 0.6 is 22.7 Å². The molecular weight excluding hydrogens is 683 g/mol. The fraction of sp³-hybridized carbons (Fsp3) is 0.0833. The summed E-state index contributed by atoms with van der Waals surface area (Å²) in [6, 6.07) is 65.4. The Hall–Kier alpha value is -5.88. The number of thiophene rings is 2. The highest BCUT2D eigenvalue weighted by atomic mass is 32.1. The molecule has 0 N–H and O–H groups in total. The number of nitrogens with zero attached hydrogens (tertiary/aromatic N) is 3. The summed E-state index contributed by atoms with van der Waals surface area (Å²) in [6.07, 6.45) is 2.32. The zero-order chi connectivity index (χ0) is 35.6. The smallest absolute Gasteiger partial charge is 0.0707 e. The topological polar surface area (TPSA) is 11.4 Å². The number of unbranched alkanes of at least 4 members (excludes halogenated alkanes) is 1. The molecule has 0 radical (unpaired) electrons. The van der Waals surface area contributed by atoms with Gasteiger partial charge in [-0.15, -0.1) is 22.7 Å². The minimum Gasteiger partial charge on any atom is -0.339 e. The van der Waals surface area contributed by atoms with Crippen LogP contribution in [0, 0.1) is 0 Å². The predicted octanol–water partition coefficient (Wildman–Crippen LogP) is 15.0. The van der Waals surface area contributed by atoms with Gasteiger partial charge in [0.2, 0.25) is 0 Å². The van der Waals surface area contributed by atoms with Crippen molar-refractivity contribution < 1.29 is 0 Å². The second-order valence-corrected chi connectivity index (χ2v) is 15.4. The van der Waals surface area contributed by atoms with Crippen molar-refractivity contribution in [1.29, 1.82) is 0 Å². The van der Waals surface area contributed by atoms with Crippen LogP contribution < -0.4 is 9.80 Å². The van der Waals surface area contributed by atoms with Gasteiger partial charge < -0.3 is 14.4 Å². The van der Waals surface area contributed by atoms with E-state index in [1.165, 1.54) is 41.3 Å². The first-order valence-electron chi connectivity index (χ1n) is 18.3. The van der Waals surface area contributed by atoms with Crippen molar-refractivity contribution in [3.63, 3.8) is 0 Å². The number of hydrogen-bond acceptors (Lipinski definition) is 4. The number of para-hydroxylation sites is 4. The minimum atomic E-state index is 1.02. The summed E-state index contributed by atoms with van der Waals surface area (Å²) in [5, 5.41) is 0. The fourth-order valence-electron chi connectivity index (χ4n) is 7.21. The number of anilines is 6. The summed E-state index contributed by atoms with van der Waals surface area (Å²) in [5.41, 5.74) is 12.1. The van der Waals surface area contributed by atoms with Gasteiger partial charge in [-0.05, 0) is 102 Å². The molecule has 0 atom stereocenters. The van der Waals surface area contributed by atoms with Crippen LogP contribution in [0.2, 0.25) is 0 Å². The summed E-state index contributed by atoms with van der Waals surface area (Å²) >= 11 is 3.84. The molecule has 0 unspecified atom stereocenters. The quantitative estimate of drug-likeness (QED) is 0.132. The predicted molar refractivity (Wildman–Crippen MR) is 230 cm³/mol. The number of rotatable bonds is 11. The van der Waals surface area contributed by atoms with Crippen molar-refractivity contribution in [3.8, 4) is 20.9 Å². The van der Waals surface area contributed by atoms with Crippen molar-refractivity contribution in [2.45, 2.75) is 26.3 Å². The summed E-state index contributed by atoms with van der Waals surface area (Å²) in [5.74, 6) is 0. The van der Waals surface area contributed by atoms with E-state index in [0.717, 1.165) is 53.5 Å². The van der Waals surface area contributed by atoms with Gasteiger partial charge in [-0.3, -0.25) is 0 Å². The molecule has 0 saturated heterocycles. The maximum Gasteiger partial charge on any atom is 0.0707 e. The van der Waals surface area contributed by atoms with Gasteiger partial charge in [-0.1, -0.05) is 110 Å². The van der Waals surface area contributed by atoms with Crippen LogP contribution in [0.5, 0.6) is 0 Å². The molecule has 0 amide bonds. The molecule has 6 aromatic carbocycles. The zero-order valence-electron chi connectivity index (χ0n) is 29.6. The van der Waals surface area contributed by atoms with Crippen LogP contribution in [0.1, 0.15) is 19.8 Å². The van der Waals surface area contributed by atoms with Crippen LogP contribution in [0.4, 0.5) is 34.1 Å². The maximum absolute atomic E-state index is 2.57. The van der Waals surface area contributed by atoms with Gasteiger partial charge in [0.05, 0.1) is 20.4 Å². The van der Waals surface area contributed by atoms with Gasteiger partial charge in [0.25, 0.3) is 0 Å². The standard InChI is InChI=1S/C48H39N3S2/c1-2-3-32-49-43-33-45(35-24-28-41(29-25-35)50(37-16-8-4-9-17-37)38-18-10-5-11-19-38)52-47(43)48-44(49)34-46(53-48)36-26-30-42(31-27-36)51(39-20-12-6-13-21-39)40-22-14-7-15-23-40/h4-31,33-34H,2-3,32H2,1H3. The molecule has 0 bridgehead atoms. The molecule has 0 fully saturated rings. The largest absolute Gasteiger partial charge is 0.339 e. The Morgan fingerprint density at radius 1 is 0.415 bits per heavy atom. The first-order chi connectivity index (χ1) is 26.2. The van der Waals surface area contributed by atoms with Crippen LogP contribution in [0.3, 0.4) is 0 Å². The molecule has 5 heteroatoms. The molecular formula is C48H39N3S2. The van der Waals surface area contributed by atoms with Crippen LogP contribution in [-0.4, -0.2) is 4.57 Å². The normalized spacial score (nSPS) is 11.3. The Labute approximate surface area is 319 Å². The molecule has 0 saturated carbocycles. The fourth-order valence-corrected chi connectivity index (χ4v) is 9.69. The molecule has 9 rings (SSSR count). The lowest BCUT2D eigenvalue weighted by Gasteiger charge is -2.25. The summed E-state index contributed by atoms with van der Waals surface area (Å²) in [7, 11) is 0.